The summed E-state index contributed by atoms with van der Waals surface area (Å²) in [7, 11) is 1.53. The molecule has 0 atom stereocenters. The standard InChI is InChI=1S/C19H26FN5O3S/c1-12(2)11-25-16(21)15(17(26)23-18(25)27)24(8-9-28-3)19(29)22-10-13-4-6-14(20)7-5-13/h4-7,12H,8-11,21H2,1-3H3,(H,22,29)(H,23,26,27). The molecule has 0 amide bonds. The van der Waals surface area contributed by atoms with Crippen LogP contribution in [0.1, 0.15) is 19.4 Å². The van der Waals surface area contributed by atoms with Crippen LogP contribution >= 0.6 is 12.2 Å². The molecular formula is C19H26FN5O3S. The summed E-state index contributed by atoms with van der Waals surface area (Å²) in [5, 5.41) is 3.27. The Morgan fingerprint density at radius 1 is 1.34 bits per heavy atom. The average molecular weight is 424 g/mol. The Kier molecular flexibility index (Phi) is 7.91. The highest BCUT2D eigenvalue weighted by molar-refractivity contribution is 7.80. The van der Waals surface area contributed by atoms with Gasteiger partial charge in [-0.2, -0.15) is 0 Å². The van der Waals surface area contributed by atoms with E-state index in [4.69, 9.17) is 22.7 Å². The summed E-state index contributed by atoms with van der Waals surface area (Å²) in [5.74, 6) is -0.149. The first-order valence-corrected chi connectivity index (χ1v) is 9.56. The van der Waals surface area contributed by atoms with Gasteiger partial charge in [-0.15, -0.1) is 0 Å². The van der Waals surface area contributed by atoms with Crippen molar-refractivity contribution in [3.63, 3.8) is 0 Å². The monoisotopic (exact) mass is 423 g/mol. The fourth-order valence-corrected chi connectivity index (χ4v) is 3.01. The zero-order chi connectivity index (χ0) is 21.6. The molecule has 4 N–H and O–H groups in total. The number of benzene rings is 1. The molecule has 29 heavy (non-hydrogen) atoms. The second kappa shape index (κ2) is 10.2. The third-order valence-electron chi connectivity index (χ3n) is 4.15. The fraction of sp³-hybridized carbons (Fsp3) is 0.421. The van der Waals surface area contributed by atoms with Gasteiger partial charge in [0.25, 0.3) is 5.56 Å². The first kappa shape index (κ1) is 22.6. The van der Waals surface area contributed by atoms with E-state index in [9.17, 15) is 14.0 Å². The number of nitrogens with zero attached hydrogens (tertiary/aromatic N) is 2. The van der Waals surface area contributed by atoms with Crippen molar-refractivity contribution in [2.24, 2.45) is 5.92 Å². The lowest BCUT2D eigenvalue weighted by Crippen LogP contribution is -2.46. The second-order valence-corrected chi connectivity index (χ2v) is 7.31. The first-order valence-electron chi connectivity index (χ1n) is 9.16. The van der Waals surface area contributed by atoms with Crippen molar-refractivity contribution in [2.45, 2.75) is 26.9 Å². The molecule has 8 nitrogen and oxygen atoms in total. The van der Waals surface area contributed by atoms with Crippen LogP contribution in [0.4, 0.5) is 15.9 Å². The van der Waals surface area contributed by atoms with E-state index < -0.39 is 11.2 Å². The van der Waals surface area contributed by atoms with Crippen molar-refractivity contribution in [3.8, 4) is 0 Å². The van der Waals surface area contributed by atoms with Gasteiger partial charge < -0.3 is 20.7 Å². The lowest BCUT2D eigenvalue weighted by atomic mass is 10.2. The number of hydrogen-bond donors (Lipinski definition) is 3. The lowest BCUT2D eigenvalue weighted by molar-refractivity contribution is 0.207. The predicted molar refractivity (Wildman–Crippen MR) is 116 cm³/mol. The van der Waals surface area contributed by atoms with Crippen LogP contribution in [-0.2, 0) is 17.8 Å². The maximum atomic E-state index is 13.1. The summed E-state index contributed by atoms with van der Waals surface area (Å²) < 4.78 is 19.5. The molecule has 0 fully saturated rings. The number of methoxy groups -OCH3 is 1. The number of rotatable bonds is 8. The quantitative estimate of drug-likeness (QED) is 0.552. The topological polar surface area (TPSA) is 105 Å². The highest BCUT2D eigenvalue weighted by Crippen LogP contribution is 2.18. The van der Waals surface area contributed by atoms with Crippen molar-refractivity contribution in [1.82, 2.24) is 14.9 Å². The number of anilines is 2. The largest absolute Gasteiger partial charge is 0.383 e. The fourth-order valence-electron chi connectivity index (χ4n) is 2.76. The normalized spacial score (nSPS) is 10.9. The number of aromatic nitrogens is 2. The van der Waals surface area contributed by atoms with Crippen LogP contribution < -0.4 is 27.2 Å². The molecule has 0 aliphatic heterocycles. The zero-order valence-electron chi connectivity index (χ0n) is 16.7. The molecule has 0 aliphatic carbocycles. The second-order valence-electron chi connectivity index (χ2n) is 6.93. The summed E-state index contributed by atoms with van der Waals surface area (Å²) in [5.41, 5.74) is 5.90. The van der Waals surface area contributed by atoms with Gasteiger partial charge in [0.1, 0.15) is 11.6 Å². The number of hydrogen-bond acceptors (Lipinski definition) is 5. The third-order valence-corrected chi connectivity index (χ3v) is 4.52. The Hall–Kier alpha value is -2.72. The summed E-state index contributed by atoms with van der Waals surface area (Å²) in [6.45, 7) is 5.08. The number of ether oxygens (including phenoxy) is 1. The maximum absolute atomic E-state index is 13.1. The van der Waals surface area contributed by atoms with E-state index in [2.05, 4.69) is 10.3 Å². The van der Waals surface area contributed by atoms with Crippen molar-refractivity contribution in [3.05, 3.63) is 56.5 Å². The molecule has 2 aromatic rings. The van der Waals surface area contributed by atoms with Crippen LogP contribution in [0.25, 0.3) is 0 Å². The molecule has 0 spiro atoms. The minimum Gasteiger partial charge on any atom is -0.383 e. The molecule has 0 bridgehead atoms. The molecule has 1 heterocycles. The Morgan fingerprint density at radius 3 is 2.59 bits per heavy atom. The molecule has 0 saturated carbocycles. The molecule has 0 radical (unpaired) electrons. The van der Waals surface area contributed by atoms with E-state index in [0.29, 0.717) is 13.1 Å². The Bertz CT molecular complexity index is 956. The molecule has 2 rings (SSSR count). The number of aromatic amines is 1. The van der Waals surface area contributed by atoms with Crippen molar-refractivity contribution in [2.75, 3.05) is 30.9 Å². The van der Waals surface area contributed by atoms with E-state index in [-0.39, 0.29) is 41.5 Å². The van der Waals surface area contributed by atoms with Gasteiger partial charge in [0.05, 0.1) is 6.61 Å². The summed E-state index contributed by atoms with van der Waals surface area (Å²) in [6, 6.07) is 5.98. The van der Waals surface area contributed by atoms with Crippen LogP contribution in [0.15, 0.2) is 33.9 Å². The smallest absolute Gasteiger partial charge is 0.330 e. The van der Waals surface area contributed by atoms with Gasteiger partial charge >= 0.3 is 5.69 Å². The highest BCUT2D eigenvalue weighted by atomic mass is 32.1. The molecule has 10 heteroatoms. The Labute approximate surface area is 173 Å². The molecule has 1 aromatic heterocycles. The summed E-state index contributed by atoms with van der Waals surface area (Å²) >= 11 is 5.47. The SMILES string of the molecule is COCCN(C(=S)NCc1ccc(F)cc1)c1c(N)n(CC(C)C)c(=O)[nH]c1=O. The van der Waals surface area contributed by atoms with Crippen LogP contribution in [0.3, 0.4) is 0 Å². The van der Waals surface area contributed by atoms with Crippen molar-refractivity contribution in [1.29, 1.82) is 0 Å². The van der Waals surface area contributed by atoms with Crippen LogP contribution in [0, 0.1) is 11.7 Å². The van der Waals surface area contributed by atoms with E-state index in [1.54, 1.807) is 12.1 Å². The third kappa shape index (κ3) is 5.88. The summed E-state index contributed by atoms with van der Waals surface area (Å²) in [4.78, 5) is 28.6. The molecule has 0 unspecified atom stereocenters. The molecular weight excluding hydrogens is 397 g/mol. The number of thiocarbonyl (C=S) groups is 1. The predicted octanol–water partition coefficient (Wildman–Crippen LogP) is 1.44. The van der Waals surface area contributed by atoms with Gasteiger partial charge in [0.2, 0.25) is 0 Å². The first-order chi connectivity index (χ1) is 13.7. The van der Waals surface area contributed by atoms with Gasteiger partial charge in [-0.3, -0.25) is 14.3 Å². The van der Waals surface area contributed by atoms with Crippen molar-refractivity contribution >= 4 is 28.8 Å². The molecule has 1 aromatic carbocycles. The lowest BCUT2D eigenvalue weighted by Gasteiger charge is -2.27. The summed E-state index contributed by atoms with van der Waals surface area (Å²) in [6.07, 6.45) is 0. The number of nitrogens with one attached hydrogen (secondary N) is 2. The van der Waals surface area contributed by atoms with Gasteiger partial charge in [-0.25, -0.2) is 9.18 Å². The number of halogens is 1. The average Bonchev–Trinajstić information content (AvgIpc) is 2.66. The Balaban J connectivity index is 2.35. The zero-order valence-corrected chi connectivity index (χ0v) is 17.5. The van der Waals surface area contributed by atoms with Crippen LogP contribution in [0.2, 0.25) is 0 Å². The van der Waals surface area contributed by atoms with E-state index in [0.717, 1.165) is 5.56 Å². The van der Waals surface area contributed by atoms with Crippen molar-refractivity contribution < 1.29 is 9.13 Å². The molecule has 0 aliphatic rings. The number of H-pyrrole nitrogens is 1. The number of nitrogen functional groups attached to an aromatic ring is 1. The van der Waals surface area contributed by atoms with Crippen LogP contribution in [-0.4, -0.2) is 34.9 Å². The Morgan fingerprint density at radius 2 is 2.00 bits per heavy atom. The molecule has 0 saturated heterocycles. The van der Waals surface area contributed by atoms with E-state index in [1.807, 2.05) is 13.8 Å². The highest BCUT2D eigenvalue weighted by Gasteiger charge is 2.22. The molecule has 158 valence electrons. The van der Waals surface area contributed by atoms with Gasteiger partial charge in [-0.1, -0.05) is 26.0 Å². The van der Waals surface area contributed by atoms with Gasteiger partial charge in [0.15, 0.2) is 10.8 Å². The van der Waals surface area contributed by atoms with Gasteiger partial charge in [-0.05, 0) is 35.8 Å². The number of nitrogens with two attached hydrogens (primary N) is 1. The van der Waals surface area contributed by atoms with Gasteiger partial charge in [0, 0.05) is 26.7 Å². The maximum Gasteiger partial charge on any atom is 0.330 e. The minimum atomic E-state index is -0.630. The van der Waals surface area contributed by atoms with E-state index in [1.165, 1.54) is 28.7 Å². The van der Waals surface area contributed by atoms with Crippen LogP contribution in [0.5, 0.6) is 0 Å². The van der Waals surface area contributed by atoms with E-state index >= 15 is 0 Å². The minimum absolute atomic E-state index is 0.0366.